The van der Waals surface area contributed by atoms with Crippen LogP contribution in [0.1, 0.15) is 15.6 Å². The van der Waals surface area contributed by atoms with Crippen LogP contribution in [-0.4, -0.2) is 36.6 Å². The molecule has 5 heteroatoms. The zero-order chi connectivity index (χ0) is 13.5. The Hall–Kier alpha value is -0.750. The number of nitrogens with zero attached hydrogens (tertiary/aromatic N) is 2. The van der Waals surface area contributed by atoms with Crippen LogP contribution in [0.4, 0.5) is 0 Å². The number of rotatable bonds is 8. The number of thiazole rings is 1. The summed E-state index contributed by atoms with van der Waals surface area (Å²) in [6.07, 6.45) is 1.13. The van der Waals surface area contributed by atoms with E-state index in [1.165, 1.54) is 10.6 Å². The standard InChI is InChI=1S/C14H21N3S2/c1-12-16-13(11-19-12)10-17(2)8-7-15-6-5-14-4-3-9-18-14/h3-4,9,11,15H,5-8,10H2,1-2H3. The highest BCUT2D eigenvalue weighted by Gasteiger charge is 2.03. The summed E-state index contributed by atoms with van der Waals surface area (Å²) in [5.74, 6) is 0. The van der Waals surface area contributed by atoms with Crippen LogP contribution in [0, 0.1) is 6.92 Å². The summed E-state index contributed by atoms with van der Waals surface area (Å²) in [7, 11) is 2.15. The second-order valence-corrected chi connectivity index (χ2v) is 6.77. The van der Waals surface area contributed by atoms with E-state index < -0.39 is 0 Å². The van der Waals surface area contributed by atoms with Gasteiger partial charge in [0.15, 0.2) is 0 Å². The van der Waals surface area contributed by atoms with Crippen LogP contribution in [0.25, 0.3) is 0 Å². The summed E-state index contributed by atoms with van der Waals surface area (Å²) in [6.45, 7) is 6.15. The van der Waals surface area contributed by atoms with Crippen molar-refractivity contribution in [3.63, 3.8) is 0 Å². The highest BCUT2D eigenvalue weighted by molar-refractivity contribution is 7.10. The van der Waals surface area contributed by atoms with Crippen molar-refractivity contribution in [2.24, 2.45) is 0 Å². The average molecular weight is 295 g/mol. The Bertz CT molecular complexity index is 465. The second kappa shape index (κ2) is 7.75. The molecule has 0 spiro atoms. The molecule has 0 amide bonds. The predicted molar refractivity (Wildman–Crippen MR) is 84.1 cm³/mol. The highest BCUT2D eigenvalue weighted by Crippen LogP contribution is 2.09. The van der Waals surface area contributed by atoms with E-state index in [0.717, 1.165) is 37.6 Å². The van der Waals surface area contributed by atoms with Crippen molar-refractivity contribution in [2.45, 2.75) is 19.9 Å². The van der Waals surface area contributed by atoms with Gasteiger partial charge in [0.1, 0.15) is 0 Å². The topological polar surface area (TPSA) is 28.2 Å². The van der Waals surface area contributed by atoms with E-state index in [4.69, 9.17) is 0 Å². The van der Waals surface area contributed by atoms with Crippen LogP contribution in [0.3, 0.4) is 0 Å². The molecule has 0 radical (unpaired) electrons. The number of aryl methyl sites for hydroxylation is 1. The highest BCUT2D eigenvalue weighted by atomic mass is 32.1. The monoisotopic (exact) mass is 295 g/mol. The van der Waals surface area contributed by atoms with E-state index in [9.17, 15) is 0 Å². The Morgan fingerprint density at radius 1 is 1.32 bits per heavy atom. The van der Waals surface area contributed by atoms with Crippen LogP contribution in [0.5, 0.6) is 0 Å². The van der Waals surface area contributed by atoms with Gasteiger partial charge in [0.25, 0.3) is 0 Å². The number of hydrogen-bond acceptors (Lipinski definition) is 5. The normalized spacial score (nSPS) is 11.3. The van der Waals surface area contributed by atoms with Crippen molar-refractivity contribution in [1.82, 2.24) is 15.2 Å². The van der Waals surface area contributed by atoms with Crippen molar-refractivity contribution in [3.05, 3.63) is 38.5 Å². The molecular formula is C14H21N3S2. The lowest BCUT2D eigenvalue weighted by molar-refractivity contribution is 0.321. The quantitative estimate of drug-likeness (QED) is 0.759. The third-order valence-electron chi connectivity index (χ3n) is 2.90. The van der Waals surface area contributed by atoms with Crippen LogP contribution >= 0.6 is 22.7 Å². The SMILES string of the molecule is Cc1nc(CN(C)CCNCCc2cccs2)cs1. The van der Waals surface area contributed by atoms with Gasteiger partial charge in [0.05, 0.1) is 10.7 Å². The molecule has 0 aromatic carbocycles. The smallest absolute Gasteiger partial charge is 0.0897 e. The minimum atomic E-state index is 0.941. The third kappa shape index (κ3) is 5.40. The molecule has 0 unspecified atom stereocenters. The molecule has 0 atom stereocenters. The van der Waals surface area contributed by atoms with Crippen LogP contribution in [0.2, 0.25) is 0 Å². The Labute approximate surface area is 123 Å². The van der Waals surface area contributed by atoms with Gasteiger partial charge in [-0.05, 0) is 31.8 Å². The van der Waals surface area contributed by atoms with Gasteiger partial charge < -0.3 is 5.32 Å². The van der Waals surface area contributed by atoms with Gasteiger partial charge in [-0.3, -0.25) is 4.90 Å². The molecule has 0 fully saturated rings. The van der Waals surface area contributed by atoms with E-state index in [2.05, 4.69) is 52.1 Å². The van der Waals surface area contributed by atoms with Crippen molar-refractivity contribution in [2.75, 3.05) is 26.7 Å². The Balaban J connectivity index is 1.55. The maximum absolute atomic E-state index is 4.49. The summed E-state index contributed by atoms with van der Waals surface area (Å²) in [4.78, 5) is 8.26. The van der Waals surface area contributed by atoms with E-state index in [-0.39, 0.29) is 0 Å². The fourth-order valence-corrected chi connectivity index (χ4v) is 3.21. The maximum atomic E-state index is 4.49. The first-order valence-electron chi connectivity index (χ1n) is 6.56. The van der Waals surface area contributed by atoms with Gasteiger partial charge in [-0.25, -0.2) is 4.98 Å². The maximum Gasteiger partial charge on any atom is 0.0897 e. The number of hydrogen-bond donors (Lipinski definition) is 1. The number of thiophene rings is 1. The molecule has 2 aromatic heterocycles. The molecule has 0 aliphatic carbocycles. The summed E-state index contributed by atoms with van der Waals surface area (Å²) in [5, 5.41) is 8.93. The first-order chi connectivity index (χ1) is 9.24. The molecule has 0 aliphatic rings. The van der Waals surface area contributed by atoms with Gasteiger partial charge in [0.2, 0.25) is 0 Å². The molecule has 1 N–H and O–H groups in total. The average Bonchev–Trinajstić information content (AvgIpc) is 3.01. The zero-order valence-corrected chi connectivity index (χ0v) is 13.2. The molecule has 0 saturated heterocycles. The molecular weight excluding hydrogens is 274 g/mol. The number of likely N-dealkylation sites (N-methyl/N-ethyl adjacent to an activating group) is 1. The fraction of sp³-hybridized carbons (Fsp3) is 0.500. The molecule has 0 aliphatic heterocycles. The van der Waals surface area contributed by atoms with Gasteiger partial charge in [0, 0.05) is 36.4 Å². The van der Waals surface area contributed by atoms with Gasteiger partial charge in [-0.2, -0.15) is 0 Å². The molecule has 0 saturated carbocycles. The first-order valence-corrected chi connectivity index (χ1v) is 8.32. The van der Waals surface area contributed by atoms with Crippen molar-refractivity contribution in [3.8, 4) is 0 Å². The molecule has 2 rings (SSSR count). The molecule has 104 valence electrons. The van der Waals surface area contributed by atoms with E-state index >= 15 is 0 Å². The summed E-state index contributed by atoms with van der Waals surface area (Å²) in [6, 6.07) is 4.31. The number of nitrogens with one attached hydrogen (secondary N) is 1. The van der Waals surface area contributed by atoms with Crippen LogP contribution in [0.15, 0.2) is 22.9 Å². The molecule has 2 aromatic rings. The molecule has 19 heavy (non-hydrogen) atoms. The lowest BCUT2D eigenvalue weighted by Crippen LogP contribution is -2.30. The van der Waals surface area contributed by atoms with Crippen molar-refractivity contribution in [1.29, 1.82) is 0 Å². The molecule has 0 bridgehead atoms. The van der Waals surface area contributed by atoms with Crippen LogP contribution in [-0.2, 0) is 13.0 Å². The van der Waals surface area contributed by atoms with E-state index in [0.29, 0.717) is 0 Å². The van der Waals surface area contributed by atoms with Gasteiger partial charge in [-0.15, -0.1) is 22.7 Å². The lowest BCUT2D eigenvalue weighted by Gasteiger charge is -2.15. The Morgan fingerprint density at radius 2 is 2.21 bits per heavy atom. The zero-order valence-electron chi connectivity index (χ0n) is 11.6. The van der Waals surface area contributed by atoms with Crippen LogP contribution < -0.4 is 5.32 Å². The largest absolute Gasteiger partial charge is 0.315 e. The van der Waals surface area contributed by atoms with E-state index in [1.54, 1.807) is 11.3 Å². The fourth-order valence-electron chi connectivity index (χ4n) is 1.90. The minimum absolute atomic E-state index is 0.941. The Kier molecular flexibility index (Phi) is 5.97. The Morgan fingerprint density at radius 3 is 2.89 bits per heavy atom. The summed E-state index contributed by atoms with van der Waals surface area (Å²) < 4.78 is 0. The number of aromatic nitrogens is 1. The van der Waals surface area contributed by atoms with Crippen molar-refractivity contribution >= 4 is 22.7 Å². The summed E-state index contributed by atoms with van der Waals surface area (Å²) >= 11 is 3.56. The molecule has 2 heterocycles. The third-order valence-corrected chi connectivity index (χ3v) is 4.66. The summed E-state index contributed by atoms with van der Waals surface area (Å²) in [5.41, 5.74) is 1.18. The predicted octanol–water partition coefficient (Wildman–Crippen LogP) is 2.78. The van der Waals surface area contributed by atoms with Gasteiger partial charge >= 0.3 is 0 Å². The first kappa shape index (κ1) is 14.7. The van der Waals surface area contributed by atoms with E-state index in [1.807, 2.05) is 11.3 Å². The van der Waals surface area contributed by atoms with Gasteiger partial charge in [-0.1, -0.05) is 6.07 Å². The molecule has 3 nitrogen and oxygen atoms in total. The lowest BCUT2D eigenvalue weighted by atomic mass is 10.3. The minimum Gasteiger partial charge on any atom is -0.315 e. The van der Waals surface area contributed by atoms with Crippen molar-refractivity contribution < 1.29 is 0 Å². The second-order valence-electron chi connectivity index (χ2n) is 4.68.